The van der Waals surface area contributed by atoms with Crippen molar-refractivity contribution in [3.8, 4) is 0 Å². The molecule has 1 aromatic rings. The molecule has 0 radical (unpaired) electrons. The fourth-order valence-corrected chi connectivity index (χ4v) is 3.33. The SMILES string of the molecule is O=S(=O)(CCCCCO)c1ccccc1Cl. The first kappa shape index (κ1) is 13.5. The van der Waals surface area contributed by atoms with Crippen LogP contribution >= 0.6 is 11.6 Å². The van der Waals surface area contributed by atoms with Crippen LogP contribution in [0.4, 0.5) is 0 Å². The molecule has 0 heterocycles. The van der Waals surface area contributed by atoms with Gasteiger partial charge in [0, 0.05) is 6.61 Å². The third-order valence-electron chi connectivity index (χ3n) is 2.24. The van der Waals surface area contributed by atoms with Crippen LogP contribution in [0.2, 0.25) is 5.02 Å². The van der Waals surface area contributed by atoms with Crippen molar-refractivity contribution in [2.24, 2.45) is 0 Å². The molecule has 3 nitrogen and oxygen atoms in total. The van der Waals surface area contributed by atoms with Gasteiger partial charge in [0.15, 0.2) is 9.84 Å². The second kappa shape index (κ2) is 6.23. The molecule has 0 atom stereocenters. The fourth-order valence-electron chi connectivity index (χ4n) is 1.39. The van der Waals surface area contributed by atoms with Crippen LogP contribution in [0.15, 0.2) is 29.2 Å². The van der Waals surface area contributed by atoms with Crippen LogP contribution in [0.1, 0.15) is 19.3 Å². The molecule has 1 rings (SSSR count). The summed E-state index contributed by atoms with van der Waals surface area (Å²) in [6.45, 7) is 0.103. The Kier molecular flexibility index (Phi) is 5.25. The van der Waals surface area contributed by atoms with Gasteiger partial charge in [-0.3, -0.25) is 0 Å². The van der Waals surface area contributed by atoms with E-state index in [9.17, 15) is 8.42 Å². The summed E-state index contributed by atoms with van der Waals surface area (Å²) in [7, 11) is -3.28. The van der Waals surface area contributed by atoms with Crippen molar-refractivity contribution in [2.75, 3.05) is 12.4 Å². The van der Waals surface area contributed by atoms with Crippen LogP contribution in [-0.2, 0) is 9.84 Å². The second-order valence-corrected chi connectivity index (χ2v) is 6.02. The molecule has 0 saturated heterocycles. The monoisotopic (exact) mass is 262 g/mol. The minimum absolute atomic E-state index is 0.0801. The Labute approximate surface area is 101 Å². The molecule has 5 heteroatoms. The largest absolute Gasteiger partial charge is 0.396 e. The molecule has 0 aliphatic heterocycles. The Morgan fingerprint density at radius 2 is 1.81 bits per heavy atom. The van der Waals surface area contributed by atoms with Gasteiger partial charge in [-0.1, -0.05) is 30.2 Å². The van der Waals surface area contributed by atoms with Crippen LogP contribution in [-0.4, -0.2) is 25.9 Å². The molecular formula is C11H15ClO3S. The average Bonchev–Trinajstić information content (AvgIpc) is 2.25. The molecule has 0 unspecified atom stereocenters. The van der Waals surface area contributed by atoms with E-state index in [2.05, 4.69) is 0 Å². The number of unbranched alkanes of at least 4 members (excludes halogenated alkanes) is 2. The van der Waals surface area contributed by atoms with Gasteiger partial charge < -0.3 is 5.11 Å². The minimum Gasteiger partial charge on any atom is -0.396 e. The first-order valence-corrected chi connectivity index (χ1v) is 7.19. The lowest BCUT2D eigenvalue weighted by atomic mass is 10.3. The number of hydrogen-bond acceptors (Lipinski definition) is 3. The van der Waals surface area contributed by atoms with Crippen LogP contribution < -0.4 is 0 Å². The van der Waals surface area contributed by atoms with Crippen molar-refractivity contribution in [2.45, 2.75) is 24.2 Å². The van der Waals surface area contributed by atoms with Crippen LogP contribution in [0.3, 0.4) is 0 Å². The normalized spacial score (nSPS) is 11.6. The zero-order valence-corrected chi connectivity index (χ0v) is 10.5. The van der Waals surface area contributed by atoms with Gasteiger partial charge in [0.2, 0.25) is 0 Å². The van der Waals surface area contributed by atoms with Gasteiger partial charge in [0.05, 0.1) is 15.7 Å². The first-order valence-electron chi connectivity index (χ1n) is 5.16. The lowest BCUT2D eigenvalue weighted by molar-refractivity contribution is 0.284. The molecular weight excluding hydrogens is 248 g/mol. The Hall–Kier alpha value is -0.580. The van der Waals surface area contributed by atoms with E-state index in [1.807, 2.05) is 0 Å². The van der Waals surface area contributed by atoms with E-state index in [1.54, 1.807) is 18.2 Å². The summed E-state index contributed by atoms with van der Waals surface area (Å²) in [5, 5.41) is 8.85. The van der Waals surface area contributed by atoms with E-state index in [1.165, 1.54) is 6.07 Å². The summed E-state index contributed by atoms with van der Waals surface area (Å²) in [6, 6.07) is 6.45. The molecule has 0 amide bonds. The molecule has 0 fully saturated rings. The van der Waals surface area contributed by atoms with Crippen molar-refractivity contribution in [3.63, 3.8) is 0 Å². The molecule has 1 aromatic carbocycles. The number of hydrogen-bond donors (Lipinski definition) is 1. The summed E-state index contributed by atoms with van der Waals surface area (Å²) in [5.74, 6) is 0.0801. The summed E-state index contributed by atoms with van der Waals surface area (Å²) >= 11 is 5.83. The van der Waals surface area contributed by atoms with Crippen LogP contribution in [0.25, 0.3) is 0 Å². The topological polar surface area (TPSA) is 54.4 Å². The number of aliphatic hydroxyl groups is 1. The highest BCUT2D eigenvalue weighted by Gasteiger charge is 2.16. The highest BCUT2D eigenvalue weighted by atomic mass is 35.5. The van der Waals surface area contributed by atoms with Gasteiger partial charge in [-0.05, 0) is 25.0 Å². The summed E-state index contributed by atoms with van der Waals surface area (Å²) in [5.41, 5.74) is 0. The summed E-state index contributed by atoms with van der Waals surface area (Å²) in [6.07, 6.45) is 1.90. The Bertz CT molecular complexity index is 429. The van der Waals surface area contributed by atoms with Crippen molar-refractivity contribution in [3.05, 3.63) is 29.3 Å². The maximum atomic E-state index is 11.9. The number of benzene rings is 1. The van der Waals surface area contributed by atoms with Gasteiger partial charge in [-0.25, -0.2) is 8.42 Å². The summed E-state index contributed by atoms with van der Waals surface area (Å²) in [4.78, 5) is 0.195. The predicted octanol–water partition coefficient (Wildman–Crippen LogP) is 2.28. The van der Waals surface area contributed by atoms with Crippen molar-refractivity contribution < 1.29 is 13.5 Å². The van der Waals surface area contributed by atoms with Crippen molar-refractivity contribution in [1.29, 1.82) is 0 Å². The molecule has 0 bridgehead atoms. The Balaban J connectivity index is 2.68. The molecule has 1 N–H and O–H groups in total. The lowest BCUT2D eigenvalue weighted by Crippen LogP contribution is -2.07. The van der Waals surface area contributed by atoms with E-state index < -0.39 is 9.84 Å². The maximum absolute atomic E-state index is 11.9. The van der Waals surface area contributed by atoms with Gasteiger partial charge >= 0.3 is 0 Å². The van der Waals surface area contributed by atoms with E-state index in [0.717, 1.165) is 0 Å². The first-order chi connectivity index (χ1) is 7.58. The predicted molar refractivity (Wildman–Crippen MR) is 64.4 cm³/mol. The second-order valence-electron chi connectivity index (χ2n) is 3.53. The Morgan fingerprint density at radius 1 is 1.12 bits per heavy atom. The maximum Gasteiger partial charge on any atom is 0.179 e. The molecule has 0 spiro atoms. The quantitative estimate of drug-likeness (QED) is 0.801. The highest BCUT2D eigenvalue weighted by Crippen LogP contribution is 2.22. The zero-order chi connectivity index (χ0) is 12.0. The number of sulfone groups is 1. The van der Waals surface area contributed by atoms with E-state index >= 15 is 0 Å². The molecule has 0 aliphatic carbocycles. The third kappa shape index (κ3) is 3.77. The van der Waals surface area contributed by atoms with Gasteiger partial charge in [0.25, 0.3) is 0 Å². The lowest BCUT2D eigenvalue weighted by Gasteiger charge is -2.05. The van der Waals surface area contributed by atoms with Gasteiger partial charge in [0.1, 0.15) is 0 Å². The van der Waals surface area contributed by atoms with Gasteiger partial charge in [-0.2, -0.15) is 0 Å². The van der Waals surface area contributed by atoms with Crippen LogP contribution in [0, 0.1) is 0 Å². The van der Waals surface area contributed by atoms with E-state index in [0.29, 0.717) is 19.3 Å². The zero-order valence-electron chi connectivity index (χ0n) is 8.89. The number of aliphatic hydroxyl groups excluding tert-OH is 1. The fraction of sp³-hybridized carbons (Fsp3) is 0.455. The minimum atomic E-state index is -3.28. The van der Waals surface area contributed by atoms with Crippen molar-refractivity contribution in [1.82, 2.24) is 0 Å². The highest BCUT2D eigenvalue weighted by molar-refractivity contribution is 7.91. The molecule has 0 saturated carbocycles. The molecule has 0 aromatic heterocycles. The number of rotatable bonds is 6. The standard InChI is InChI=1S/C11H15ClO3S/c12-10-6-2-3-7-11(10)16(14,15)9-5-1-4-8-13/h2-3,6-7,13H,1,4-5,8-9H2. The van der Waals surface area contributed by atoms with Crippen LogP contribution in [0.5, 0.6) is 0 Å². The van der Waals surface area contributed by atoms with Gasteiger partial charge in [-0.15, -0.1) is 0 Å². The Morgan fingerprint density at radius 3 is 2.44 bits per heavy atom. The molecule has 0 aliphatic rings. The number of halogens is 1. The van der Waals surface area contributed by atoms with E-state index in [-0.39, 0.29) is 22.3 Å². The smallest absolute Gasteiger partial charge is 0.179 e. The third-order valence-corrected chi connectivity index (χ3v) is 4.54. The van der Waals surface area contributed by atoms with Crippen molar-refractivity contribution >= 4 is 21.4 Å². The summed E-state index contributed by atoms with van der Waals surface area (Å²) < 4.78 is 23.7. The molecule has 16 heavy (non-hydrogen) atoms. The van der Waals surface area contributed by atoms with E-state index in [4.69, 9.17) is 16.7 Å². The average molecular weight is 263 g/mol. The molecule has 90 valence electrons.